The number of furan rings is 1. The van der Waals surface area contributed by atoms with Gasteiger partial charge in [-0.1, -0.05) is 125 Å². The maximum Gasteiger partial charge on any atom is 1.00 e. The number of thiophene rings is 1. The number of carbonyl (C=O) groups is 8. The summed E-state index contributed by atoms with van der Waals surface area (Å²) in [5, 5.41) is 84.1. The van der Waals surface area contributed by atoms with Gasteiger partial charge in [0, 0.05) is 92.5 Å². The molecule has 1 N–H and O–H groups in total. The van der Waals surface area contributed by atoms with E-state index in [0.717, 1.165) is 134 Å². The zero-order valence-electron chi connectivity index (χ0n) is 80.2. The van der Waals surface area contributed by atoms with E-state index < -0.39 is 41.8 Å². The summed E-state index contributed by atoms with van der Waals surface area (Å²) in [6.07, 6.45) is 0.889. The van der Waals surface area contributed by atoms with E-state index in [0.29, 0.717) is 67.1 Å². The number of nitrogens with zero attached hydrogens (tertiary/aromatic N) is 3. The number of ketones is 1. The van der Waals surface area contributed by atoms with Gasteiger partial charge < -0.3 is 88.7 Å². The summed E-state index contributed by atoms with van der Waals surface area (Å²) in [6.45, 7) is 26.4. The molecule has 0 amide bonds. The number of carboxylic acids is 7. The van der Waals surface area contributed by atoms with Gasteiger partial charge in [0.1, 0.15) is 22.2 Å². The first-order chi connectivity index (χ1) is 61.9. The average Bonchev–Trinajstić information content (AvgIpc) is 1.60. The van der Waals surface area contributed by atoms with Crippen molar-refractivity contribution in [2.24, 2.45) is 0 Å². The topological polar surface area (TPSA) is 361 Å². The van der Waals surface area contributed by atoms with Crippen molar-refractivity contribution in [3.63, 3.8) is 0 Å². The molecule has 0 bridgehead atoms. The number of hydrogen-bond acceptors (Lipinski definition) is 23. The summed E-state index contributed by atoms with van der Waals surface area (Å²) in [5.41, 5.74) is 29.2. The second-order valence-corrected chi connectivity index (χ2v) is 34.2. The van der Waals surface area contributed by atoms with Crippen LogP contribution in [0.4, 0.5) is 28.4 Å². The molecule has 0 saturated heterocycles. The second-order valence-electron chi connectivity index (χ2n) is 32.6. The third-order valence-electron chi connectivity index (χ3n) is 22.8. The van der Waals surface area contributed by atoms with Crippen molar-refractivity contribution < 1.29 is 566 Å². The fourth-order valence-corrected chi connectivity index (χ4v) is 17.9. The molecule has 3 aliphatic rings. The minimum atomic E-state index is -1.21. The molecular weight excluding hydrogens is 2610 g/mol. The van der Waals surface area contributed by atoms with Crippen LogP contribution in [-0.2, 0) is 6.42 Å². The maximum absolute atomic E-state index is 12.3. The first-order valence-electron chi connectivity index (χ1n) is 41.2. The molecule has 4 heterocycles. The molecule has 2 aliphatic carbocycles. The Morgan fingerprint density at radius 3 is 1.31 bits per heavy atom. The molecule has 20 rings (SSSR count). The monoisotopic (exact) mass is 2690 g/mol. The number of aryl methyl sites for hydroxylation is 14. The standard InChI is InChI=1S/C21H19NO2.C16H12O3.C16H14O2.C15H13NO3.C15H12O3.C15H12O2S.C9H8N2O2S.7Cs/c1-15-3-9-18(10-4-15)22(19-11-5-16(2)6-12-19)20-13-7-17(8-14-20)21(23)24;1-8-3-4-10-12-7-11(16(18)19)9(2)6-14(12)15(17)13(10)5-8;1-9-3-4-13-11(5-9)7-12-6-10(2)14(16(17)18)8-15(12)13;1-8-3-4-13-11(5-8)16-12-6-9(2)10(15(17)18)7-14(12)19-13;2*1-8-3-4-10-12-7-11(15(16)17)9(2)6-14(12)18-13(10)5-8;1-4-3-6(9(12)13)5(2)8-7(4)10-14-11-8;;;;;;;/h3-14H,1-2H3,(H,23,24);3-7H,1-2H3,(H,18,19);3-6,8H,7H2,1-2H3,(H,17,18);3-7,16H,1-2H3,(H,17,18);2*3-7H,1-2H3,(H,16,17);3H,1-2H3,(H,12,13);;;;;;;/q;;;;;;;7*+1/p-7. The van der Waals surface area contributed by atoms with Crippen molar-refractivity contribution in [3.05, 3.63) is 370 Å². The summed E-state index contributed by atoms with van der Waals surface area (Å²) < 4.78 is 21.9. The summed E-state index contributed by atoms with van der Waals surface area (Å²) in [6, 6.07) is 71.8. The number of hydrogen-bond donors (Lipinski definition) is 1. The Labute approximate surface area is 1210 Å². The van der Waals surface area contributed by atoms with Crippen LogP contribution in [-0.4, -0.2) is 56.3 Å². The summed E-state index contributed by atoms with van der Waals surface area (Å²) in [7, 11) is 0. The van der Waals surface area contributed by atoms with Gasteiger partial charge in [-0.05, 0) is 325 Å². The van der Waals surface area contributed by atoms with Crippen LogP contribution in [0.5, 0.6) is 11.5 Å². The number of carboxylic acid groups (broad SMARTS) is 7. The van der Waals surface area contributed by atoms with Gasteiger partial charge in [-0.3, -0.25) is 4.79 Å². The molecule has 0 fully saturated rings. The molecule has 137 heavy (non-hydrogen) atoms. The largest absolute Gasteiger partial charge is 1.00 e. The van der Waals surface area contributed by atoms with Crippen molar-refractivity contribution in [2.45, 2.75) is 103 Å². The van der Waals surface area contributed by atoms with Crippen molar-refractivity contribution in [2.75, 3.05) is 10.2 Å². The van der Waals surface area contributed by atoms with E-state index >= 15 is 0 Å². The van der Waals surface area contributed by atoms with Crippen LogP contribution in [0.25, 0.3) is 75.4 Å². The van der Waals surface area contributed by atoms with Crippen molar-refractivity contribution in [1.82, 2.24) is 8.75 Å². The summed E-state index contributed by atoms with van der Waals surface area (Å²) in [5.74, 6) is -6.96. The number of aromatic carboxylic acids is 7. The molecule has 0 spiro atoms. The molecular formula is C107H83Cs7N4O17S2. The van der Waals surface area contributed by atoms with E-state index in [4.69, 9.17) is 9.15 Å². The van der Waals surface area contributed by atoms with Crippen LogP contribution in [0, 0.1) is 96.9 Å². The van der Waals surface area contributed by atoms with Crippen LogP contribution in [0.2, 0.25) is 0 Å². The molecule has 652 valence electrons. The fourth-order valence-electron chi connectivity index (χ4n) is 16.0. The summed E-state index contributed by atoms with van der Waals surface area (Å²) in [4.78, 5) is 91.4. The number of benzene rings is 14. The average molecular weight is 2690 g/mol. The van der Waals surface area contributed by atoms with Crippen molar-refractivity contribution in [3.8, 4) is 33.8 Å². The minimum Gasteiger partial charge on any atom is -0.545 e. The van der Waals surface area contributed by atoms with E-state index in [1.54, 1.807) is 119 Å². The third kappa shape index (κ3) is 29.4. The number of aromatic nitrogens is 2. The zero-order valence-corrected chi connectivity index (χ0v) is 126. The van der Waals surface area contributed by atoms with Gasteiger partial charge >= 0.3 is 482 Å². The molecule has 0 atom stereocenters. The predicted octanol–water partition coefficient (Wildman–Crippen LogP) is -3.93. The molecule has 3 aromatic heterocycles. The number of rotatable bonds is 10. The normalized spacial score (nSPS) is 10.8. The van der Waals surface area contributed by atoms with E-state index in [1.807, 2.05) is 107 Å². The molecule has 30 heteroatoms. The first kappa shape index (κ1) is 123. The zero-order chi connectivity index (χ0) is 93.3. The van der Waals surface area contributed by atoms with Crippen molar-refractivity contribution >= 4 is 152 Å². The maximum atomic E-state index is 12.3. The SMILES string of the molecule is Cc1cc(C(=O)[O-])c(C)c2nsnc12.Cc1ccc(N(c2ccc(C)cc2)c2ccc(C(=O)[O-])cc2)cc1.Cc1ccc2c(c1)C(=O)c1cc(C)c(C(=O)[O-])cc1-2.Cc1ccc2c(c1)Cc1cc(C)c(C(=O)[O-])cc1-2.Cc1ccc2c(c1)Nc1cc(C)c(C(=O)[O-])cc1O2.Cc1ccc2c(c1)oc1cc(C)c(C(=O)[O-])cc12.Cc1ccc2c(c1)sc1cc(C)c(C(=O)[O-])cc12.[Cs+].[Cs+].[Cs+].[Cs+].[Cs+].[Cs+].[Cs+]. The number of fused-ring (bicyclic) bond motifs is 15. The van der Waals surface area contributed by atoms with E-state index in [-0.39, 0.29) is 521 Å². The van der Waals surface area contributed by atoms with E-state index in [2.05, 4.69) is 126 Å². The van der Waals surface area contributed by atoms with Gasteiger partial charge in [-0.2, -0.15) is 8.75 Å². The number of carbonyl (C=O) groups excluding carboxylic acids is 8. The Bertz CT molecular complexity index is 7370. The number of ether oxygens (including phenoxy) is 1. The molecule has 0 unspecified atom stereocenters. The van der Waals surface area contributed by atoms with Gasteiger partial charge in [0.15, 0.2) is 17.3 Å². The molecule has 1 aliphatic heterocycles. The smallest absolute Gasteiger partial charge is 0.545 e. The molecule has 0 radical (unpaired) electrons. The van der Waals surface area contributed by atoms with Gasteiger partial charge in [-0.25, -0.2) is 0 Å². The first-order valence-corrected chi connectivity index (χ1v) is 42.8. The van der Waals surface area contributed by atoms with Crippen LogP contribution in [0.1, 0.15) is 177 Å². The van der Waals surface area contributed by atoms with Crippen LogP contribution < -0.4 is 533 Å². The Kier molecular flexibility index (Phi) is 49.0. The minimum absolute atomic E-state index is 0. The van der Waals surface area contributed by atoms with Crippen LogP contribution >= 0.6 is 23.1 Å². The number of nitrogens with one attached hydrogen (secondary N) is 1. The fraction of sp³-hybridized carbons (Fsp3) is 0.140. The Morgan fingerprint density at radius 1 is 0.314 bits per heavy atom. The van der Waals surface area contributed by atoms with Gasteiger partial charge in [-0.15, -0.1) is 11.3 Å². The Morgan fingerprint density at radius 2 is 0.730 bits per heavy atom. The van der Waals surface area contributed by atoms with Crippen molar-refractivity contribution in [1.29, 1.82) is 0 Å². The Hall–Kier alpha value is -1.36. The predicted molar refractivity (Wildman–Crippen MR) is 494 cm³/mol. The van der Waals surface area contributed by atoms with Crippen LogP contribution in [0.15, 0.2) is 235 Å². The quantitative estimate of drug-likeness (QED) is 0.137. The molecule has 21 nitrogen and oxygen atoms in total. The van der Waals surface area contributed by atoms with Crippen LogP contribution in [0.3, 0.4) is 0 Å². The molecule has 14 aromatic carbocycles. The second kappa shape index (κ2) is 54.7. The number of anilines is 5. The third-order valence-corrected chi connectivity index (χ3v) is 24.5. The van der Waals surface area contributed by atoms with Gasteiger partial charge in [0.25, 0.3) is 0 Å². The van der Waals surface area contributed by atoms with E-state index in [1.165, 1.54) is 44.1 Å². The molecule has 0 saturated carbocycles. The Balaban J connectivity index is 0.000000217. The van der Waals surface area contributed by atoms with Gasteiger partial charge in [0.05, 0.1) is 64.9 Å². The molecule has 17 aromatic rings. The van der Waals surface area contributed by atoms with E-state index in [9.17, 15) is 74.1 Å². The van der Waals surface area contributed by atoms with Gasteiger partial charge in [0.2, 0.25) is 0 Å². The summed E-state index contributed by atoms with van der Waals surface area (Å²) >= 11 is 2.79.